The van der Waals surface area contributed by atoms with Crippen molar-refractivity contribution in [3.05, 3.63) is 0 Å². The Labute approximate surface area is 51.8 Å². The smallest absolute Gasteiger partial charge is 0.300 e. The highest BCUT2D eigenvalue weighted by molar-refractivity contribution is 4.60. The quantitative estimate of drug-likeness (QED) is 0.585. The van der Waals surface area contributed by atoms with Crippen LogP contribution >= 0.6 is 0 Å². The normalized spacial score (nSPS) is 15.7. The number of hydrogen-bond acceptors (Lipinski definition) is 1. The van der Waals surface area contributed by atoms with Crippen molar-refractivity contribution in [3.63, 3.8) is 0 Å². The molecular weight excluding hydrogens is 133 g/mol. The Bertz CT molecular complexity index is 78.8. The first kappa shape index (κ1) is 8.75. The molecule has 0 fully saturated rings. The highest BCUT2D eigenvalue weighted by atomic mass is 19.3. The number of halogens is 3. The van der Waals surface area contributed by atoms with Gasteiger partial charge in [0, 0.05) is 13.5 Å². The first-order valence-electron chi connectivity index (χ1n) is 2.62. The van der Waals surface area contributed by atoms with Gasteiger partial charge in [0.05, 0.1) is 0 Å². The molecule has 0 saturated heterocycles. The molecule has 1 atom stereocenters. The third kappa shape index (κ3) is 3.35. The van der Waals surface area contributed by atoms with Crippen molar-refractivity contribution in [2.75, 3.05) is 6.61 Å². The second kappa shape index (κ2) is 3.06. The van der Waals surface area contributed by atoms with Gasteiger partial charge in [-0.15, -0.1) is 0 Å². The molecule has 0 radical (unpaired) electrons. The topological polar surface area (TPSA) is 9.23 Å². The largest absolute Gasteiger partial charge is 0.344 e. The molecule has 0 aromatic rings. The van der Waals surface area contributed by atoms with Gasteiger partial charge in [-0.05, 0) is 6.92 Å². The lowest BCUT2D eigenvalue weighted by atomic mass is 10.4. The predicted octanol–water partition coefficient (Wildman–Crippen LogP) is 1.97. The minimum Gasteiger partial charge on any atom is -0.344 e. The summed E-state index contributed by atoms with van der Waals surface area (Å²) in [6, 6.07) is 0. The fourth-order valence-corrected chi connectivity index (χ4v) is 0.293. The summed E-state index contributed by atoms with van der Waals surface area (Å²) in [5.41, 5.74) is 0. The fourth-order valence-electron chi connectivity index (χ4n) is 0.293. The van der Waals surface area contributed by atoms with Gasteiger partial charge in [-0.1, -0.05) is 0 Å². The Morgan fingerprint density at radius 3 is 2.11 bits per heavy atom. The van der Waals surface area contributed by atoms with E-state index in [1.54, 1.807) is 0 Å². The molecule has 0 bridgehead atoms. The molecule has 0 aromatic carbocycles. The van der Waals surface area contributed by atoms with Crippen molar-refractivity contribution in [1.82, 2.24) is 0 Å². The molecule has 0 spiro atoms. The molecule has 0 rings (SSSR count). The van der Waals surface area contributed by atoms with Gasteiger partial charge in [0.2, 0.25) is 0 Å². The Morgan fingerprint density at radius 1 is 1.56 bits per heavy atom. The van der Waals surface area contributed by atoms with Gasteiger partial charge in [0.15, 0.2) is 0 Å². The van der Waals surface area contributed by atoms with Gasteiger partial charge >= 0.3 is 0 Å². The van der Waals surface area contributed by atoms with E-state index >= 15 is 0 Å². The average Bonchev–Trinajstić information content (AvgIpc) is 1.64. The van der Waals surface area contributed by atoms with Crippen LogP contribution in [0.15, 0.2) is 0 Å². The minimum atomic E-state index is -3.38. The van der Waals surface area contributed by atoms with Crippen LogP contribution in [0.25, 0.3) is 0 Å². The lowest BCUT2D eigenvalue weighted by molar-refractivity contribution is -0.183. The molecule has 9 heavy (non-hydrogen) atoms. The van der Waals surface area contributed by atoms with Crippen molar-refractivity contribution in [2.24, 2.45) is 0 Å². The summed E-state index contributed by atoms with van der Waals surface area (Å²) in [7, 11) is 0. The van der Waals surface area contributed by atoms with Crippen LogP contribution in [-0.4, -0.2) is 18.9 Å². The average molecular weight is 142 g/mol. The summed E-state index contributed by atoms with van der Waals surface area (Å²) in [6.45, 7) is 1.90. The zero-order chi connectivity index (χ0) is 7.49. The van der Waals surface area contributed by atoms with E-state index < -0.39 is 12.3 Å². The number of hydrogen-bond donors (Lipinski definition) is 0. The van der Waals surface area contributed by atoms with E-state index in [0.717, 1.165) is 0 Å². The summed E-state index contributed by atoms with van der Waals surface area (Å²) in [4.78, 5) is 0. The van der Waals surface area contributed by atoms with Crippen molar-refractivity contribution in [1.29, 1.82) is 0 Å². The molecule has 4 heteroatoms. The number of ether oxygens (including phenoxy) is 1. The van der Waals surface area contributed by atoms with Crippen LogP contribution in [0.4, 0.5) is 13.2 Å². The zero-order valence-corrected chi connectivity index (χ0v) is 5.33. The van der Waals surface area contributed by atoms with Gasteiger partial charge in [-0.3, -0.25) is 0 Å². The van der Waals surface area contributed by atoms with E-state index in [1.165, 1.54) is 6.92 Å². The molecule has 1 nitrogen and oxygen atoms in total. The van der Waals surface area contributed by atoms with E-state index in [-0.39, 0.29) is 6.61 Å². The monoisotopic (exact) mass is 142 g/mol. The zero-order valence-electron chi connectivity index (χ0n) is 5.33. The Morgan fingerprint density at radius 2 is 2.00 bits per heavy atom. The summed E-state index contributed by atoms with van der Waals surface area (Å²) >= 11 is 0. The van der Waals surface area contributed by atoms with Crippen molar-refractivity contribution in [2.45, 2.75) is 26.1 Å². The number of alkyl halides is 3. The molecule has 0 N–H and O–H groups in total. The van der Waals surface area contributed by atoms with Crippen LogP contribution in [0.5, 0.6) is 0 Å². The highest BCUT2D eigenvalue weighted by Crippen LogP contribution is 2.20. The van der Waals surface area contributed by atoms with Gasteiger partial charge in [-0.25, -0.2) is 13.2 Å². The first-order chi connectivity index (χ1) is 3.98. The Balaban J connectivity index is 3.59. The van der Waals surface area contributed by atoms with Crippen LogP contribution in [0.3, 0.4) is 0 Å². The van der Waals surface area contributed by atoms with Crippen LogP contribution in [0.2, 0.25) is 0 Å². The van der Waals surface area contributed by atoms with Gasteiger partial charge in [0.25, 0.3) is 12.3 Å². The molecule has 0 saturated carbocycles. The Kier molecular flexibility index (Phi) is 2.97. The van der Waals surface area contributed by atoms with E-state index in [1.807, 2.05) is 0 Å². The summed E-state index contributed by atoms with van der Waals surface area (Å²) < 4.78 is 39.5. The van der Waals surface area contributed by atoms with Gasteiger partial charge in [-0.2, -0.15) is 0 Å². The lowest BCUT2D eigenvalue weighted by Crippen LogP contribution is -2.28. The van der Waals surface area contributed by atoms with E-state index in [4.69, 9.17) is 0 Å². The molecule has 0 aliphatic heterocycles. The maximum Gasteiger partial charge on any atom is 0.300 e. The van der Waals surface area contributed by atoms with Gasteiger partial charge < -0.3 is 4.74 Å². The first-order valence-corrected chi connectivity index (χ1v) is 2.62. The maximum absolute atomic E-state index is 11.9. The number of rotatable bonds is 3. The lowest BCUT2D eigenvalue weighted by Gasteiger charge is -2.14. The molecule has 0 aromatic heterocycles. The fraction of sp³-hybridized carbons (Fsp3) is 1.00. The van der Waals surface area contributed by atoms with E-state index in [9.17, 15) is 13.2 Å². The summed E-state index contributed by atoms with van der Waals surface area (Å²) in [5, 5.41) is 0. The maximum atomic E-state index is 11.9. The third-order valence-corrected chi connectivity index (χ3v) is 0.712. The van der Waals surface area contributed by atoms with Crippen LogP contribution in [0, 0.1) is 0 Å². The van der Waals surface area contributed by atoms with Gasteiger partial charge in [0.1, 0.15) is 0 Å². The summed E-state index contributed by atoms with van der Waals surface area (Å²) in [6.07, 6.45) is -2.47. The van der Waals surface area contributed by atoms with Crippen LogP contribution in [-0.2, 0) is 4.74 Å². The second-order valence-corrected chi connectivity index (χ2v) is 1.73. The highest BCUT2D eigenvalue weighted by Gasteiger charge is 2.34. The van der Waals surface area contributed by atoms with E-state index in [0.29, 0.717) is 6.92 Å². The van der Waals surface area contributed by atoms with Crippen molar-refractivity contribution in [3.8, 4) is 0 Å². The van der Waals surface area contributed by atoms with Crippen LogP contribution < -0.4 is 0 Å². The third-order valence-electron chi connectivity index (χ3n) is 0.712. The van der Waals surface area contributed by atoms with Crippen LogP contribution in [0.1, 0.15) is 13.8 Å². The van der Waals surface area contributed by atoms with Crippen molar-refractivity contribution < 1.29 is 17.9 Å². The van der Waals surface area contributed by atoms with Crippen molar-refractivity contribution >= 4 is 0 Å². The molecule has 56 valence electrons. The molecule has 1 unspecified atom stereocenters. The molecule has 0 aliphatic rings. The predicted molar refractivity (Wildman–Crippen MR) is 27.1 cm³/mol. The second-order valence-electron chi connectivity index (χ2n) is 1.73. The molecule has 0 amide bonds. The standard InChI is InChI=1S/C5H9F3O/c1-3-9-4(6)5(2,7)8/h4H,3H2,1-2H3. The molecule has 0 heterocycles. The minimum absolute atomic E-state index is 0.0371. The molecule has 0 aliphatic carbocycles. The summed E-state index contributed by atoms with van der Waals surface area (Å²) in [5.74, 6) is -3.38. The molecular formula is C5H9F3O. The SMILES string of the molecule is CCOC(F)C(C)(F)F. The Hall–Kier alpha value is -0.250. The van der Waals surface area contributed by atoms with E-state index in [2.05, 4.69) is 4.74 Å².